The zero-order valence-corrected chi connectivity index (χ0v) is 11.5. The average molecular weight is 270 g/mol. The highest BCUT2D eigenvalue weighted by Crippen LogP contribution is 2.32. The van der Waals surface area contributed by atoms with Gasteiger partial charge in [0.15, 0.2) is 12.6 Å². The first-order valence-corrected chi connectivity index (χ1v) is 6.99. The van der Waals surface area contributed by atoms with Crippen LogP contribution in [0.4, 0.5) is 5.88 Å². The molecule has 4 nitrogen and oxygen atoms in total. The molecule has 1 aliphatic rings. The molecule has 20 heavy (non-hydrogen) atoms. The van der Waals surface area contributed by atoms with E-state index in [0.717, 1.165) is 36.5 Å². The molecule has 0 amide bonds. The molecule has 3 rings (SSSR count). The lowest BCUT2D eigenvalue weighted by molar-refractivity contribution is 0.175. The lowest BCUT2D eigenvalue weighted by atomic mass is 10.2. The Kier molecular flexibility index (Phi) is 3.72. The largest absolute Gasteiger partial charge is 0.468 e. The Labute approximate surface area is 118 Å². The number of ether oxygens (including phenoxy) is 1. The summed E-state index contributed by atoms with van der Waals surface area (Å²) < 4.78 is 11.5. The summed E-state index contributed by atoms with van der Waals surface area (Å²) in [5, 5.41) is 0. The maximum absolute atomic E-state index is 6.09. The summed E-state index contributed by atoms with van der Waals surface area (Å²) >= 11 is 0. The van der Waals surface area contributed by atoms with Crippen molar-refractivity contribution in [2.24, 2.45) is 0 Å². The van der Waals surface area contributed by atoms with Crippen molar-refractivity contribution in [2.75, 3.05) is 4.90 Å². The second-order valence-electron chi connectivity index (χ2n) is 4.82. The molecule has 104 valence electrons. The molecule has 1 atom stereocenters. The van der Waals surface area contributed by atoms with Crippen LogP contribution in [0.5, 0.6) is 0 Å². The van der Waals surface area contributed by atoms with Crippen LogP contribution < -0.4 is 4.90 Å². The van der Waals surface area contributed by atoms with Crippen LogP contribution in [0.15, 0.2) is 53.5 Å². The van der Waals surface area contributed by atoms with E-state index in [-0.39, 0.29) is 6.23 Å². The summed E-state index contributed by atoms with van der Waals surface area (Å²) in [6.07, 6.45) is 8.36. The number of hydrogen-bond acceptors (Lipinski definition) is 4. The third-order valence-corrected chi connectivity index (χ3v) is 3.37. The zero-order chi connectivity index (χ0) is 13.8. The fourth-order valence-corrected chi connectivity index (χ4v) is 2.31. The van der Waals surface area contributed by atoms with Crippen LogP contribution in [0.25, 0.3) is 5.76 Å². The smallest absolute Gasteiger partial charge is 0.223 e. The van der Waals surface area contributed by atoms with E-state index in [4.69, 9.17) is 9.15 Å². The standard InChI is InChI=1S/C16H18N2O2/c1-2-3-9-15-18(16-10-17-12-19-16)11-14(20-15)13-7-5-4-6-8-13/h4-8,10-12,15H,2-3,9H2,1H3. The van der Waals surface area contributed by atoms with Crippen molar-refractivity contribution in [3.05, 3.63) is 54.7 Å². The van der Waals surface area contributed by atoms with E-state index in [1.165, 1.54) is 6.39 Å². The molecule has 2 heterocycles. The monoisotopic (exact) mass is 270 g/mol. The molecule has 0 aliphatic carbocycles. The minimum absolute atomic E-state index is 0.0156. The number of unbranched alkanes of at least 4 members (excludes halogenated alkanes) is 1. The Balaban J connectivity index is 1.85. The first-order chi connectivity index (χ1) is 9.88. The fourth-order valence-electron chi connectivity index (χ4n) is 2.31. The van der Waals surface area contributed by atoms with Gasteiger partial charge < -0.3 is 9.15 Å². The van der Waals surface area contributed by atoms with Gasteiger partial charge in [-0.3, -0.25) is 4.90 Å². The van der Waals surface area contributed by atoms with E-state index in [1.807, 2.05) is 41.4 Å². The molecule has 1 aromatic heterocycles. The van der Waals surface area contributed by atoms with Gasteiger partial charge in [-0.25, -0.2) is 4.98 Å². The minimum Gasteiger partial charge on any atom is -0.468 e. The molecular weight excluding hydrogens is 252 g/mol. The first kappa shape index (κ1) is 12.8. The third-order valence-electron chi connectivity index (χ3n) is 3.37. The maximum Gasteiger partial charge on any atom is 0.223 e. The van der Waals surface area contributed by atoms with E-state index in [2.05, 4.69) is 11.9 Å². The summed E-state index contributed by atoms with van der Waals surface area (Å²) in [6, 6.07) is 10.1. The number of anilines is 1. The summed E-state index contributed by atoms with van der Waals surface area (Å²) in [5.41, 5.74) is 1.08. The Morgan fingerprint density at radius 1 is 1.25 bits per heavy atom. The maximum atomic E-state index is 6.09. The molecule has 1 aromatic carbocycles. The fraction of sp³-hybridized carbons (Fsp3) is 0.312. The number of aromatic nitrogens is 1. The zero-order valence-electron chi connectivity index (χ0n) is 11.5. The number of nitrogens with zero attached hydrogens (tertiary/aromatic N) is 2. The van der Waals surface area contributed by atoms with Gasteiger partial charge in [0, 0.05) is 12.0 Å². The average Bonchev–Trinajstić information content (AvgIpc) is 3.15. The number of hydrogen-bond donors (Lipinski definition) is 0. The van der Waals surface area contributed by atoms with Gasteiger partial charge in [-0.05, 0) is 6.42 Å². The summed E-state index contributed by atoms with van der Waals surface area (Å²) in [6.45, 7) is 2.18. The predicted octanol–water partition coefficient (Wildman–Crippen LogP) is 4.03. The molecule has 4 heteroatoms. The normalized spacial score (nSPS) is 17.9. The van der Waals surface area contributed by atoms with Gasteiger partial charge in [-0.15, -0.1) is 0 Å². The molecule has 0 radical (unpaired) electrons. The molecule has 0 N–H and O–H groups in total. The van der Waals surface area contributed by atoms with E-state index in [1.54, 1.807) is 6.20 Å². The van der Waals surface area contributed by atoms with Crippen molar-refractivity contribution in [1.82, 2.24) is 4.98 Å². The van der Waals surface area contributed by atoms with Gasteiger partial charge in [-0.1, -0.05) is 43.7 Å². The Hall–Kier alpha value is -2.23. The van der Waals surface area contributed by atoms with Crippen LogP contribution in [0.2, 0.25) is 0 Å². The molecule has 1 unspecified atom stereocenters. The van der Waals surface area contributed by atoms with Gasteiger partial charge >= 0.3 is 0 Å². The van der Waals surface area contributed by atoms with Crippen molar-refractivity contribution >= 4 is 11.6 Å². The predicted molar refractivity (Wildman–Crippen MR) is 77.8 cm³/mol. The summed E-state index contributed by atoms with van der Waals surface area (Å²) in [5.74, 6) is 1.60. The minimum atomic E-state index is -0.0156. The molecule has 0 saturated carbocycles. The van der Waals surface area contributed by atoms with Crippen molar-refractivity contribution in [3.63, 3.8) is 0 Å². The highest BCUT2D eigenvalue weighted by molar-refractivity contribution is 5.66. The van der Waals surface area contributed by atoms with E-state index < -0.39 is 0 Å². The molecule has 0 fully saturated rings. The van der Waals surface area contributed by atoms with Gasteiger partial charge in [-0.2, -0.15) is 0 Å². The van der Waals surface area contributed by atoms with E-state index >= 15 is 0 Å². The summed E-state index contributed by atoms with van der Waals surface area (Å²) in [7, 11) is 0. The number of rotatable bonds is 5. The topological polar surface area (TPSA) is 38.5 Å². The Morgan fingerprint density at radius 3 is 2.80 bits per heavy atom. The number of benzene rings is 1. The van der Waals surface area contributed by atoms with Crippen LogP contribution in [0.1, 0.15) is 31.7 Å². The first-order valence-electron chi connectivity index (χ1n) is 6.99. The Morgan fingerprint density at radius 2 is 2.10 bits per heavy atom. The number of oxazole rings is 1. The second kappa shape index (κ2) is 5.82. The quantitative estimate of drug-likeness (QED) is 0.822. The van der Waals surface area contributed by atoms with E-state index in [0.29, 0.717) is 0 Å². The van der Waals surface area contributed by atoms with Crippen LogP contribution in [0, 0.1) is 0 Å². The van der Waals surface area contributed by atoms with Crippen molar-refractivity contribution in [3.8, 4) is 0 Å². The van der Waals surface area contributed by atoms with Crippen molar-refractivity contribution in [1.29, 1.82) is 0 Å². The second-order valence-corrected chi connectivity index (χ2v) is 4.82. The van der Waals surface area contributed by atoms with E-state index in [9.17, 15) is 0 Å². The molecule has 0 spiro atoms. The van der Waals surface area contributed by atoms with Crippen molar-refractivity contribution in [2.45, 2.75) is 32.4 Å². The lowest BCUT2D eigenvalue weighted by Crippen LogP contribution is -2.27. The molecule has 0 saturated heterocycles. The third kappa shape index (κ3) is 2.54. The summed E-state index contributed by atoms with van der Waals surface area (Å²) in [4.78, 5) is 6.00. The van der Waals surface area contributed by atoms with Crippen LogP contribution in [-0.2, 0) is 4.74 Å². The van der Waals surface area contributed by atoms with Gasteiger partial charge in [0.2, 0.25) is 5.88 Å². The van der Waals surface area contributed by atoms with Crippen LogP contribution in [-0.4, -0.2) is 11.2 Å². The van der Waals surface area contributed by atoms with Crippen LogP contribution >= 0.6 is 0 Å². The SMILES string of the molecule is CCCCC1OC(c2ccccc2)=CN1c1cnco1. The van der Waals surface area contributed by atoms with Gasteiger partial charge in [0.25, 0.3) is 0 Å². The molecule has 1 aliphatic heterocycles. The lowest BCUT2D eigenvalue weighted by Gasteiger charge is -2.21. The van der Waals surface area contributed by atoms with Gasteiger partial charge in [0.1, 0.15) is 5.76 Å². The van der Waals surface area contributed by atoms with Crippen LogP contribution in [0.3, 0.4) is 0 Å². The Bertz CT molecular complexity index is 563. The van der Waals surface area contributed by atoms with Crippen molar-refractivity contribution < 1.29 is 9.15 Å². The molecular formula is C16H18N2O2. The highest BCUT2D eigenvalue weighted by Gasteiger charge is 2.29. The molecule has 2 aromatic rings. The highest BCUT2D eigenvalue weighted by atomic mass is 16.5. The van der Waals surface area contributed by atoms with Gasteiger partial charge in [0.05, 0.1) is 12.4 Å². The molecule has 0 bridgehead atoms.